The van der Waals surface area contributed by atoms with E-state index in [1.165, 1.54) is 6.08 Å². The number of hydrogen-bond acceptors (Lipinski definition) is 6. The molecule has 6 heteroatoms. The third-order valence-electron chi connectivity index (χ3n) is 3.84. The molecule has 0 aliphatic carbocycles. The second-order valence-corrected chi connectivity index (χ2v) is 5.63. The van der Waals surface area contributed by atoms with Gasteiger partial charge in [0, 0.05) is 36.6 Å². The van der Waals surface area contributed by atoms with E-state index in [2.05, 4.69) is 20.8 Å². The standard InChI is InChI=1S/C20H19N3O3/c1-2-11-26-18-6-4-17(5-7-18)19(24)8-3-16-14-21-20(22-15-16)23-9-12-25-13-10-23/h1,3-8,14-15H,9-13H2/b8-3+. The summed E-state index contributed by atoms with van der Waals surface area (Å²) in [5.74, 6) is 3.60. The molecule has 26 heavy (non-hydrogen) atoms. The van der Waals surface area contributed by atoms with Gasteiger partial charge in [-0.2, -0.15) is 0 Å². The van der Waals surface area contributed by atoms with Crippen molar-refractivity contribution in [2.45, 2.75) is 0 Å². The molecule has 1 saturated heterocycles. The minimum Gasteiger partial charge on any atom is -0.481 e. The maximum atomic E-state index is 12.2. The quantitative estimate of drug-likeness (QED) is 0.453. The van der Waals surface area contributed by atoms with Crippen LogP contribution in [0.5, 0.6) is 5.75 Å². The first-order valence-corrected chi connectivity index (χ1v) is 8.30. The van der Waals surface area contributed by atoms with Crippen molar-refractivity contribution >= 4 is 17.8 Å². The maximum absolute atomic E-state index is 12.2. The second kappa shape index (κ2) is 8.79. The van der Waals surface area contributed by atoms with Crippen LogP contribution in [0.3, 0.4) is 0 Å². The highest BCUT2D eigenvalue weighted by molar-refractivity contribution is 6.06. The molecule has 2 heterocycles. The SMILES string of the molecule is C#CCOc1ccc(C(=O)/C=C/c2cnc(N3CCOCC3)nc2)cc1. The Bertz CT molecular complexity index is 802. The summed E-state index contributed by atoms with van der Waals surface area (Å²) in [5.41, 5.74) is 1.34. The minimum absolute atomic E-state index is 0.106. The van der Waals surface area contributed by atoms with Gasteiger partial charge in [-0.3, -0.25) is 4.79 Å². The van der Waals surface area contributed by atoms with E-state index in [1.54, 1.807) is 42.7 Å². The number of hydrogen-bond donors (Lipinski definition) is 0. The third-order valence-corrected chi connectivity index (χ3v) is 3.84. The Morgan fingerprint density at radius 3 is 2.58 bits per heavy atom. The number of carbonyl (C=O) groups excluding carboxylic acids is 1. The fourth-order valence-electron chi connectivity index (χ4n) is 2.45. The van der Waals surface area contributed by atoms with Gasteiger partial charge in [-0.1, -0.05) is 5.92 Å². The summed E-state index contributed by atoms with van der Waals surface area (Å²) < 4.78 is 10.6. The van der Waals surface area contributed by atoms with Crippen LogP contribution in [0.4, 0.5) is 5.95 Å². The lowest BCUT2D eigenvalue weighted by molar-refractivity contribution is 0.104. The van der Waals surface area contributed by atoms with Crippen molar-refractivity contribution < 1.29 is 14.3 Å². The number of carbonyl (C=O) groups is 1. The number of terminal acetylenes is 1. The van der Waals surface area contributed by atoms with Crippen LogP contribution in [-0.4, -0.2) is 48.7 Å². The molecule has 1 fully saturated rings. The van der Waals surface area contributed by atoms with Crippen molar-refractivity contribution in [1.82, 2.24) is 9.97 Å². The monoisotopic (exact) mass is 349 g/mol. The first-order chi connectivity index (χ1) is 12.8. The summed E-state index contributed by atoms with van der Waals surface area (Å²) in [7, 11) is 0. The number of rotatable bonds is 6. The van der Waals surface area contributed by atoms with E-state index >= 15 is 0 Å². The highest BCUT2D eigenvalue weighted by atomic mass is 16.5. The van der Waals surface area contributed by atoms with Crippen LogP contribution in [0, 0.1) is 12.3 Å². The van der Waals surface area contributed by atoms with E-state index in [1.807, 2.05) is 0 Å². The topological polar surface area (TPSA) is 64.5 Å². The van der Waals surface area contributed by atoms with Gasteiger partial charge in [0.05, 0.1) is 13.2 Å². The van der Waals surface area contributed by atoms with Crippen LogP contribution in [0.25, 0.3) is 6.08 Å². The van der Waals surface area contributed by atoms with Gasteiger partial charge in [0.1, 0.15) is 12.4 Å². The van der Waals surface area contributed by atoms with E-state index in [0.717, 1.165) is 18.7 Å². The van der Waals surface area contributed by atoms with E-state index in [-0.39, 0.29) is 12.4 Å². The maximum Gasteiger partial charge on any atom is 0.225 e. The summed E-state index contributed by atoms with van der Waals surface area (Å²) in [6, 6.07) is 6.85. The molecule has 1 aliphatic rings. The van der Waals surface area contributed by atoms with Crippen molar-refractivity contribution in [1.29, 1.82) is 0 Å². The van der Waals surface area contributed by atoms with Crippen molar-refractivity contribution in [3.63, 3.8) is 0 Å². The van der Waals surface area contributed by atoms with Gasteiger partial charge < -0.3 is 14.4 Å². The molecule has 2 aromatic rings. The fraction of sp³-hybridized carbons (Fsp3) is 0.250. The van der Waals surface area contributed by atoms with E-state index in [0.29, 0.717) is 30.5 Å². The average Bonchev–Trinajstić information content (AvgIpc) is 2.72. The zero-order valence-corrected chi connectivity index (χ0v) is 14.3. The van der Waals surface area contributed by atoms with Gasteiger partial charge in [-0.05, 0) is 36.4 Å². The highest BCUT2D eigenvalue weighted by Crippen LogP contribution is 2.14. The summed E-state index contributed by atoms with van der Waals surface area (Å²) in [6.45, 7) is 3.15. The van der Waals surface area contributed by atoms with E-state index < -0.39 is 0 Å². The molecule has 1 aromatic carbocycles. The Hall–Kier alpha value is -3.17. The lowest BCUT2D eigenvalue weighted by Crippen LogP contribution is -2.37. The molecule has 6 nitrogen and oxygen atoms in total. The van der Waals surface area contributed by atoms with E-state index in [4.69, 9.17) is 15.9 Å². The van der Waals surface area contributed by atoms with Crippen LogP contribution in [0.15, 0.2) is 42.7 Å². The second-order valence-electron chi connectivity index (χ2n) is 5.63. The number of benzene rings is 1. The molecule has 1 aliphatic heterocycles. The predicted octanol–water partition coefficient (Wildman–Crippen LogP) is 2.22. The third kappa shape index (κ3) is 4.68. The number of morpholine rings is 1. The molecule has 0 N–H and O–H groups in total. The summed E-state index contributed by atoms with van der Waals surface area (Å²) in [5, 5.41) is 0. The highest BCUT2D eigenvalue weighted by Gasteiger charge is 2.13. The van der Waals surface area contributed by atoms with Crippen LogP contribution in [0.2, 0.25) is 0 Å². The predicted molar refractivity (Wildman–Crippen MR) is 99.2 cm³/mol. The molecule has 0 unspecified atom stereocenters. The van der Waals surface area contributed by atoms with Gasteiger partial charge in [-0.25, -0.2) is 9.97 Å². The van der Waals surface area contributed by atoms with Gasteiger partial charge in [0.2, 0.25) is 5.95 Å². The van der Waals surface area contributed by atoms with Crippen LogP contribution < -0.4 is 9.64 Å². The Kier molecular flexibility index (Phi) is 5.96. The van der Waals surface area contributed by atoms with Crippen LogP contribution in [0.1, 0.15) is 15.9 Å². The Morgan fingerprint density at radius 2 is 1.92 bits per heavy atom. The number of ether oxygens (including phenoxy) is 2. The molecule has 0 saturated carbocycles. The summed E-state index contributed by atoms with van der Waals surface area (Å²) in [6.07, 6.45) is 11.8. The van der Waals surface area contributed by atoms with Gasteiger partial charge >= 0.3 is 0 Å². The Balaban J connectivity index is 1.60. The molecular weight excluding hydrogens is 330 g/mol. The Labute approximate surface area is 152 Å². The first-order valence-electron chi connectivity index (χ1n) is 8.30. The van der Waals surface area contributed by atoms with Crippen molar-refractivity contribution in [3.05, 3.63) is 53.9 Å². The summed E-state index contributed by atoms with van der Waals surface area (Å²) >= 11 is 0. The number of anilines is 1. The molecular formula is C20H19N3O3. The first kappa shape index (κ1) is 17.6. The zero-order chi connectivity index (χ0) is 18.2. The lowest BCUT2D eigenvalue weighted by atomic mass is 10.1. The molecule has 0 amide bonds. The van der Waals surface area contributed by atoms with Crippen LogP contribution in [-0.2, 0) is 4.74 Å². The zero-order valence-electron chi connectivity index (χ0n) is 14.3. The number of aromatic nitrogens is 2. The van der Waals surface area contributed by atoms with Gasteiger partial charge in [0.15, 0.2) is 5.78 Å². The van der Waals surface area contributed by atoms with Crippen molar-refractivity contribution in [3.8, 4) is 18.1 Å². The molecule has 0 spiro atoms. The Morgan fingerprint density at radius 1 is 1.23 bits per heavy atom. The minimum atomic E-state index is -0.106. The molecule has 132 valence electrons. The number of nitrogens with zero attached hydrogens (tertiary/aromatic N) is 3. The van der Waals surface area contributed by atoms with Crippen molar-refractivity contribution in [2.24, 2.45) is 0 Å². The van der Waals surface area contributed by atoms with Gasteiger partial charge in [0.25, 0.3) is 0 Å². The van der Waals surface area contributed by atoms with E-state index in [9.17, 15) is 4.79 Å². The molecule has 3 rings (SSSR count). The lowest BCUT2D eigenvalue weighted by Gasteiger charge is -2.26. The summed E-state index contributed by atoms with van der Waals surface area (Å²) in [4.78, 5) is 23.0. The smallest absolute Gasteiger partial charge is 0.225 e. The number of allylic oxidation sites excluding steroid dienone is 1. The molecule has 0 radical (unpaired) electrons. The normalized spacial score (nSPS) is 14.2. The molecule has 0 atom stereocenters. The molecule has 0 bridgehead atoms. The molecule has 1 aromatic heterocycles. The largest absolute Gasteiger partial charge is 0.481 e. The van der Waals surface area contributed by atoms with Gasteiger partial charge in [-0.15, -0.1) is 6.42 Å². The number of ketones is 1. The van der Waals surface area contributed by atoms with Crippen molar-refractivity contribution in [2.75, 3.05) is 37.8 Å². The average molecular weight is 349 g/mol. The fourth-order valence-corrected chi connectivity index (χ4v) is 2.45. The van der Waals surface area contributed by atoms with Crippen LogP contribution >= 0.6 is 0 Å².